The van der Waals surface area contributed by atoms with Gasteiger partial charge in [-0.15, -0.1) is 11.3 Å². The second-order valence-corrected chi connectivity index (χ2v) is 9.88. The summed E-state index contributed by atoms with van der Waals surface area (Å²) in [4.78, 5) is 3.77. The first-order valence-electron chi connectivity index (χ1n) is 11.3. The molecule has 1 aliphatic carbocycles. The average Bonchev–Trinajstić information content (AvgIpc) is 3.16. The summed E-state index contributed by atoms with van der Waals surface area (Å²) in [6.07, 6.45) is 12.0. The molecule has 1 aliphatic heterocycles. The van der Waals surface area contributed by atoms with Crippen LogP contribution in [0.4, 0.5) is 0 Å². The van der Waals surface area contributed by atoms with Crippen LogP contribution in [0.5, 0.6) is 0 Å². The van der Waals surface area contributed by atoms with Crippen molar-refractivity contribution < 1.29 is 9.47 Å². The molecule has 3 nitrogen and oxygen atoms in total. The molecule has 158 valence electrons. The van der Waals surface area contributed by atoms with E-state index in [0.717, 1.165) is 38.3 Å². The molecule has 4 heteroatoms. The van der Waals surface area contributed by atoms with Gasteiger partial charge in [-0.2, -0.15) is 0 Å². The smallest absolute Gasteiger partial charge is 0.0996 e. The van der Waals surface area contributed by atoms with Crippen molar-refractivity contribution in [1.82, 2.24) is 4.90 Å². The largest absolute Gasteiger partial charge is 0.370 e. The molecule has 0 N–H and O–H groups in total. The molecule has 1 saturated heterocycles. The van der Waals surface area contributed by atoms with Gasteiger partial charge >= 0.3 is 0 Å². The van der Waals surface area contributed by atoms with E-state index in [1.165, 1.54) is 34.2 Å². The Hall–Kier alpha value is -1.20. The maximum atomic E-state index is 6.76. The SMILES string of the molecule is CCCN(COCc1cc2ccccc2s1)CC1(CC)CCC2CC=CCC2O1. The number of benzene rings is 1. The van der Waals surface area contributed by atoms with Crippen molar-refractivity contribution in [3.63, 3.8) is 0 Å². The first kappa shape index (κ1) is 21.0. The summed E-state index contributed by atoms with van der Waals surface area (Å²) in [6, 6.07) is 10.8. The fourth-order valence-electron chi connectivity index (χ4n) is 4.91. The van der Waals surface area contributed by atoms with Gasteiger partial charge < -0.3 is 9.47 Å². The lowest BCUT2D eigenvalue weighted by Gasteiger charge is -2.47. The maximum Gasteiger partial charge on any atom is 0.0996 e. The number of thiophene rings is 1. The molecule has 0 spiro atoms. The number of hydrogen-bond acceptors (Lipinski definition) is 4. The van der Waals surface area contributed by atoms with Crippen molar-refractivity contribution in [2.75, 3.05) is 19.8 Å². The Morgan fingerprint density at radius 3 is 2.90 bits per heavy atom. The van der Waals surface area contributed by atoms with Gasteiger partial charge in [-0.1, -0.05) is 44.2 Å². The van der Waals surface area contributed by atoms with E-state index in [2.05, 4.69) is 61.2 Å². The first-order valence-corrected chi connectivity index (χ1v) is 12.1. The Morgan fingerprint density at radius 1 is 1.21 bits per heavy atom. The standard InChI is InChI=1S/C25H35NO2S/c1-3-15-26(19-27-17-22-16-21-10-6-8-12-24(21)29-22)18-25(4-2)14-13-20-9-5-7-11-23(20)28-25/h5-8,10,12,16,20,23H,3-4,9,11,13-15,17-19H2,1-2H3. The van der Waals surface area contributed by atoms with Crippen molar-refractivity contribution in [3.05, 3.63) is 47.4 Å². The predicted octanol–water partition coefficient (Wildman–Crippen LogP) is 6.38. The van der Waals surface area contributed by atoms with Crippen LogP contribution in [0.1, 0.15) is 57.2 Å². The molecule has 0 amide bonds. The second-order valence-electron chi connectivity index (χ2n) is 8.72. The van der Waals surface area contributed by atoms with Crippen LogP contribution in [0.15, 0.2) is 42.5 Å². The second kappa shape index (κ2) is 9.74. The molecule has 2 aromatic rings. The number of rotatable bonds is 9. The third kappa shape index (κ3) is 5.11. The Bertz CT molecular complexity index is 783. The van der Waals surface area contributed by atoms with Crippen LogP contribution in [-0.4, -0.2) is 36.4 Å². The zero-order valence-corrected chi connectivity index (χ0v) is 18.8. The summed E-state index contributed by atoms with van der Waals surface area (Å²) in [7, 11) is 0. The lowest BCUT2D eigenvalue weighted by Crippen LogP contribution is -2.52. The lowest BCUT2D eigenvalue weighted by atomic mass is 9.78. The molecule has 0 bridgehead atoms. The summed E-state index contributed by atoms with van der Waals surface area (Å²) in [5, 5.41) is 1.32. The van der Waals surface area contributed by atoms with Crippen LogP contribution in [0, 0.1) is 5.92 Å². The number of nitrogens with zero attached hydrogens (tertiary/aromatic N) is 1. The topological polar surface area (TPSA) is 21.7 Å². The van der Waals surface area contributed by atoms with Gasteiger partial charge in [-0.05, 0) is 62.0 Å². The molecule has 3 unspecified atom stereocenters. The van der Waals surface area contributed by atoms with Crippen molar-refractivity contribution in [2.45, 2.75) is 70.7 Å². The average molecular weight is 414 g/mol. The fraction of sp³-hybridized carbons (Fsp3) is 0.600. The molecule has 1 aromatic carbocycles. The quantitative estimate of drug-likeness (QED) is 0.352. The number of ether oxygens (including phenoxy) is 2. The summed E-state index contributed by atoms with van der Waals surface area (Å²) < 4.78 is 14.3. The van der Waals surface area contributed by atoms with Crippen LogP contribution in [0.25, 0.3) is 10.1 Å². The van der Waals surface area contributed by atoms with Crippen LogP contribution >= 0.6 is 11.3 Å². The summed E-state index contributed by atoms with van der Waals surface area (Å²) in [5.41, 5.74) is -0.0114. The van der Waals surface area contributed by atoms with Crippen molar-refractivity contribution in [2.24, 2.45) is 5.92 Å². The van der Waals surface area contributed by atoms with E-state index < -0.39 is 0 Å². The van der Waals surface area contributed by atoms with Gasteiger partial charge in [0.15, 0.2) is 0 Å². The summed E-state index contributed by atoms with van der Waals surface area (Å²) >= 11 is 1.84. The molecule has 29 heavy (non-hydrogen) atoms. The van der Waals surface area contributed by atoms with Gasteiger partial charge in [-0.3, -0.25) is 4.90 Å². The van der Waals surface area contributed by atoms with Gasteiger partial charge in [0.1, 0.15) is 0 Å². The minimum atomic E-state index is -0.0114. The normalized spacial score (nSPS) is 26.9. The van der Waals surface area contributed by atoms with Crippen molar-refractivity contribution in [1.29, 1.82) is 0 Å². The van der Waals surface area contributed by atoms with Gasteiger partial charge in [0.25, 0.3) is 0 Å². The zero-order valence-electron chi connectivity index (χ0n) is 17.9. The van der Waals surface area contributed by atoms with Gasteiger partial charge in [0, 0.05) is 22.7 Å². The van der Waals surface area contributed by atoms with E-state index >= 15 is 0 Å². The Morgan fingerprint density at radius 2 is 2.07 bits per heavy atom. The van der Waals surface area contributed by atoms with Crippen LogP contribution in [0.3, 0.4) is 0 Å². The zero-order chi connectivity index (χ0) is 20.1. The Kier molecular flexibility index (Phi) is 7.07. The number of allylic oxidation sites excluding steroid dienone is 1. The summed E-state index contributed by atoms with van der Waals surface area (Å²) in [5.74, 6) is 0.725. The third-order valence-electron chi connectivity index (χ3n) is 6.56. The van der Waals surface area contributed by atoms with Crippen LogP contribution in [-0.2, 0) is 16.1 Å². The molecule has 0 saturated carbocycles. The van der Waals surface area contributed by atoms with Gasteiger partial charge in [0.05, 0.1) is 25.0 Å². The Balaban J connectivity index is 1.34. The molecule has 1 fully saturated rings. The highest BCUT2D eigenvalue weighted by molar-refractivity contribution is 7.19. The molecule has 1 aromatic heterocycles. The van der Waals surface area contributed by atoms with Crippen LogP contribution in [0.2, 0.25) is 0 Å². The minimum Gasteiger partial charge on any atom is -0.370 e. The molecule has 4 rings (SSSR count). The van der Waals surface area contributed by atoms with Crippen molar-refractivity contribution >= 4 is 21.4 Å². The predicted molar refractivity (Wildman–Crippen MR) is 122 cm³/mol. The molecular weight excluding hydrogens is 378 g/mol. The van der Waals surface area contributed by atoms with Crippen molar-refractivity contribution in [3.8, 4) is 0 Å². The molecule has 2 aliphatic rings. The van der Waals surface area contributed by atoms with E-state index in [0.29, 0.717) is 19.4 Å². The maximum absolute atomic E-state index is 6.76. The highest BCUT2D eigenvalue weighted by Crippen LogP contribution is 2.40. The van der Waals surface area contributed by atoms with E-state index in [9.17, 15) is 0 Å². The van der Waals surface area contributed by atoms with Gasteiger partial charge in [-0.25, -0.2) is 0 Å². The van der Waals surface area contributed by atoms with E-state index in [1.54, 1.807) is 0 Å². The highest BCUT2D eigenvalue weighted by atomic mass is 32.1. The number of fused-ring (bicyclic) bond motifs is 2. The van der Waals surface area contributed by atoms with E-state index in [4.69, 9.17) is 9.47 Å². The fourth-order valence-corrected chi connectivity index (χ4v) is 5.91. The molecule has 0 radical (unpaired) electrons. The van der Waals surface area contributed by atoms with Crippen LogP contribution < -0.4 is 0 Å². The highest BCUT2D eigenvalue weighted by Gasteiger charge is 2.41. The molecular formula is C25H35NO2S. The number of hydrogen-bond donors (Lipinski definition) is 0. The molecule has 2 heterocycles. The van der Waals surface area contributed by atoms with E-state index in [1.807, 2.05) is 11.3 Å². The monoisotopic (exact) mass is 413 g/mol. The summed E-state index contributed by atoms with van der Waals surface area (Å²) in [6.45, 7) is 7.96. The van der Waals surface area contributed by atoms with Gasteiger partial charge in [0.2, 0.25) is 0 Å². The molecule has 3 atom stereocenters. The Labute approximate surface area is 179 Å². The lowest BCUT2D eigenvalue weighted by molar-refractivity contribution is -0.171. The van der Waals surface area contributed by atoms with E-state index in [-0.39, 0.29) is 5.60 Å². The third-order valence-corrected chi connectivity index (χ3v) is 7.65. The minimum absolute atomic E-state index is 0.0114. The first-order chi connectivity index (χ1) is 14.2.